The topological polar surface area (TPSA) is 130 Å². The van der Waals surface area contributed by atoms with Crippen molar-refractivity contribution in [1.29, 1.82) is 10.5 Å². The molecule has 0 radical (unpaired) electrons. The first-order valence-electron chi connectivity index (χ1n) is 9.93. The van der Waals surface area contributed by atoms with Crippen LogP contribution in [0.15, 0.2) is 54.9 Å². The molecule has 2 N–H and O–H groups in total. The standard InChI is InChI=1S/C23H18N8/c24-7-6-23(11-15(12-23)13-25)31-28-14-21(30-31)18-9-16(19-4-1-5-22(26)29-19)10-20-17(18)3-2-8-27-20/h1-5,8-10,14-15H,6,11-12H2,(H2,26,29). The number of aromatic nitrogens is 5. The first kappa shape index (κ1) is 18.7. The molecular weight excluding hydrogens is 388 g/mol. The molecule has 0 spiro atoms. The highest BCUT2D eigenvalue weighted by atomic mass is 15.5. The lowest BCUT2D eigenvalue weighted by molar-refractivity contribution is 0.0713. The Bertz CT molecular complexity index is 1370. The van der Waals surface area contributed by atoms with E-state index in [4.69, 9.17) is 10.8 Å². The lowest BCUT2D eigenvalue weighted by Crippen LogP contribution is -2.47. The van der Waals surface area contributed by atoms with Crippen molar-refractivity contribution in [1.82, 2.24) is 25.0 Å². The van der Waals surface area contributed by atoms with Crippen molar-refractivity contribution in [3.8, 4) is 34.7 Å². The number of nitriles is 2. The monoisotopic (exact) mass is 406 g/mol. The molecule has 1 aliphatic rings. The molecule has 8 nitrogen and oxygen atoms in total. The van der Waals surface area contributed by atoms with Gasteiger partial charge in [-0.25, -0.2) is 4.98 Å². The number of rotatable bonds is 4. The number of nitrogens with two attached hydrogens (primary N) is 1. The van der Waals surface area contributed by atoms with Gasteiger partial charge in [0.25, 0.3) is 0 Å². The van der Waals surface area contributed by atoms with E-state index in [0.717, 1.165) is 27.7 Å². The fraction of sp³-hybridized carbons (Fsp3) is 0.217. The van der Waals surface area contributed by atoms with Crippen molar-refractivity contribution < 1.29 is 0 Å². The molecule has 0 unspecified atom stereocenters. The molecule has 31 heavy (non-hydrogen) atoms. The highest BCUT2D eigenvalue weighted by Crippen LogP contribution is 2.45. The van der Waals surface area contributed by atoms with Crippen LogP contribution in [0.1, 0.15) is 19.3 Å². The van der Waals surface area contributed by atoms with Crippen molar-refractivity contribution in [2.24, 2.45) is 5.92 Å². The van der Waals surface area contributed by atoms with Gasteiger partial charge >= 0.3 is 0 Å². The van der Waals surface area contributed by atoms with Crippen molar-refractivity contribution >= 4 is 16.7 Å². The zero-order valence-electron chi connectivity index (χ0n) is 16.6. The summed E-state index contributed by atoms with van der Waals surface area (Å²) in [4.78, 5) is 10.6. The molecule has 0 saturated heterocycles. The zero-order chi connectivity index (χ0) is 21.4. The van der Waals surface area contributed by atoms with Crippen LogP contribution in [0.5, 0.6) is 0 Å². The van der Waals surface area contributed by atoms with E-state index in [-0.39, 0.29) is 12.3 Å². The fourth-order valence-corrected chi connectivity index (χ4v) is 4.24. The van der Waals surface area contributed by atoms with Gasteiger partial charge < -0.3 is 5.73 Å². The SMILES string of the molecule is N#CCC1(n2ncc(-c3cc(-c4cccc(N)n4)cc4ncccc34)n2)CC(C#N)C1. The van der Waals surface area contributed by atoms with E-state index in [2.05, 4.69) is 27.2 Å². The summed E-state index contributed by atoms with van der Waals surface area (Å²) in [6.07, 6.45) is 4.89. The number of benzene rings is 1. The van der Waals surface area contributed by atoms with Gasteiger partial charge in [-0.3, -0.25) is 4.98 Å². The Labute approximate surface area is 178 Å². The van der Waals surface area contributed by atoms with Crippen LogP contribution >= 0.6 is 0 Å². The third kappa shape index (κ3) is 3.15. The second-order valence-corrected chi connectivity index (χ2v) is 7.85. The summed E-state index contributed by atoms with van der Waals surface area (Å²) in [6.45, 7) is 0. The second kappa shape index (κ2) is 7.19. The molecule has 3 heterocycles. The van der Waals surface area contributed by atoms with Gasteiger partial charge in [0, 0.05) is 22.7 Å². The highest BCUT2D eigenvalue weighted by molar-refractivity contribution is 5.96. The second-order valence-electron chi connectivity index (χ2n) is 7.85. The van der Waals surface area contributed by atoms with Crippen molar-refractivity contribution in [2.75, 3.05) is 5.73 Å². The van der Waals surface area contributed by atoms with E-state index in [1.54, 1.807) is 23.3 Å². The van der Waals surface area contributed by atoms with E-state index >= 15 is 0 Å². The van der Waals surface area contributed by atoms with Crippen LogP contribution in [-0.4, -0.2) is 25.0 Å². The van der Waals surface area contributed by atoms with E-state index < -0.39 is 5.54 Å². The quantitative estimate of drug-likeness (QED) is 0.547. The summed E-state index contributed by atoms with van der Waals surface area (Å²) in [5, 5.41) is 28.7. The van der Waals surface area contributed by atoms with Crippen LogP contribution in [-0.2, 0) is 5.54 Å². The molecule has 0 aliphatic heterocycles. The first-order valence-corrected chi connectivity index (χ1v) is 9.93. The van der Waals surface area contributed by atoms with Crippen LogP contribution in [0, 0.1) is 28.6 Å². The first-order chi connectivity index (χ1) is 15.1. The maximum absolute atomic E-state index is 9.31. The van der Waals surface area contributed by atoms with Gasteiger partial charge in [0.05, 0.1) is 47.4 Å². The minimum absolute atomic E-state index is 0.0641. The van der Waals surface area contributed by atoms with E-state index in [1.165, 1.54) is 0 Å². The molecule has 1 fully saturated rings. The molecule has 1 aromatic carbocycles. The molecule has 1 aliphatic carbocycles. The van der Waals surface area contributed by atoms with Gasteiger partial charge in [0.1, 0.15) is 11.5 Å². The highest BCUT2D eigenvalue weighted by Gasteiger charge is 2.48. The molecule has 5 rings (SSSR count). The summed E-state index contributed by atoms with van der Waals surface area (Å²) in [5.74, 6) is 0.382. The fourth-order valence-electron chi connectivity index (χ4n) is 4.24. The molecule has 0 amide bonds. The zero-order valence-corrected chi connectivity index (χ0v) is 16.6. The van der Waals surface area contributed by atoms with Gasteiger partial charge in [-0.2, -0.15) is 25.5 Å². The average Bonchev–Trinajstić information content (AvgIpc) is 3.25. The minimum Gasteiger partial charge on any atom is -0.384 e. The molecule has 0 atom stereocenters. The number of pyridine rings is 2. The molecule has 150 valence electrons. The molecule has 4 aromatic rings. The Hall–Kier alpha value is -4.30. The van der Waals surface area contributed by atoms with Crippen LogP contribution in [0.3, 0.4) is 0 Å². The van der Waals surface area contributed by atoms with Crippen LogP contribution in [0.25, 0.3) is 33.4 Å². The maximum atomic E-state index is 9.31. The molecule has 0 bridgehead atoms. The van der Waals surface area contributed by atoms with Crippen molar-refractivity contribution in [2.45, 2.75) is 24.8 Å². The maximum Gasteiger partial charge on any atom is 0.124 e. The Balaban J connectivity index is 1.63. The number of hydrogen-bond donors (Lipinski definition) is 1. The average molecular weight is 406 g/mol. The summed E-state index contributed by atoms with van der Waals surface area (Å²) < 4.78 is 0. The van der Waals surface area contributed by atoms with E-state index in [9.17, 15) is 10.5 Å². The molecule has 8 heteroatoms. The van der Waals surface area contributed by atoms with Crippen molar-refractivity contribution in [3.05, 3.63) is 54.9 Å². The third-order valence-corrected chi connectivity index (χ3v) is 5.82. The molecule has 3 aromatic heterocycles. The van der Waals surface area contributed by atoms with Gasteiger partial charge in [0.2, 0.25) is 0 Å². The molecule has 1 saturated carbocycles. The minimum atomic E-state index is -0.519. The third-order valence-electron chi connectivity index (χ3n) is 5.82. The number of hydrogen-bond acceptors (Lipinski definition) is 7. The van der Waals surface area contributed by atoms with Gasteiger partial charge in [-0.1, -0.05) is 12.1 Å². The van der Waals surface area contributed by atoms with Gasteiger partial charge in [0.15, 0.2) is 0 Å². The molecular formula is C23H18N8. The Kier molecular flexibility index (Phi) is 4.34. The summed E-state index contributed by atoms with van der Waals surface area (Å²) in [5.41, 5.74) is 9.36. The van der Waals surface area contributed by atoms with E-state index in [0.29, 0.717) is 24.4 Å². The lowest BCUT2D eigenvalue weighted by atomic mass is 9.68. The van der Waals surface area contributed by atoms with Crippen LogP contribution in [0.4, 0.5) is 5.82 Å². The normalized spacial score (nSPS) is 20.0. The number of nitrogens with zero attached hydrogens (tertiary/aromatic N) is 7. The predicted octanol–water partition coefficient (Wildman–Crippen LogP) is 3.68. The van der Waals surface area contributed by atoms with Crippen LogP contribution < -0.4 is 5.73 Å². The smallest absolute Gasteiger partial charge is 0.124 e. The van der Waals surface area contributed by atoms with Crippen molar-refractivity contribution in [3.63, 3.8) is 0 Å². The Morgan fingerprint density at radius 2 is 2.00 bits per heavy atom. The lowest BCUT2D eigenvalue weighted by Gasteiger charge is -2.42. The number of anilines is 1. The number of nitrogen functional groups attached to an aromatic ring is 1. The predicted molar refractivity (Wildman–Crippen MR) is 115 cm³/mol. The Morgan fingerprint density at radius 1 is 1.13 bits per heavy atom. The Morgan fingerprint density at radius 3 is 2.77 bits per heavy atom. The van der Waals surface area contributed by atoms with E-state index in [1.807, 2.05) is 36.4 Å². The van der Waals surface area contributed by atoms with Crippen LogP contribution in [0.2, 0.25) is 0 Å². The largest absolute Gasteiger partial charge is 0.384 e. The summed E-state index contributed by atoms with van der Waals surface area (Å²) in [7, 11) is 0. The number of fused-ring (bicyclic) bond motifs is 1. The summed E-state index contributed by atoms with van der Waals surface area (Å²) in [6, 6.07) is 17.9. The summed E-state index contributed by atoms with van der Waals surface area (Å²) >= 11 is 0. The van der Waals surface area contributed by atoms with Gasteiger partial charge in [-0.15, -0.1) is 0 Å². The van der Waals surface area contributed by atoms with Gasteiger partial charge in [-0.05, 0) is 43.2 Å².